The highest BCUT2D eigenvalue weighted by atomic mass is 14.1. The molecule has 0 saturated heterocycles. The molecule has 2 aromatic carbocycles. The van der Waals surface area contributed by atoms with Crippen molar-refractivity contribution in [2.45, 2.75) is 110 Å². The van der Waals surface area contributed by atoms with Crippen LogP contribution in [0.4, 0.5) is 0 Å². The van der Waals surface area contributed by atoms with Crippen molar-refractivity contribution < 1.29 is 0 Å². The van der Waals surface area contributed by atoms with Gasteiger partial charge >= 0.3 is 0 Å². The minimum Gasteiger partial charge on any atom is -0.0654 e. The molecule has 2 aromatic rings. The Morgan fingerprint density at radius 3 is 1.17 bits per heavy atom. The fourth-order valence-corrected chi connectivity index (χ4v) is 4.34. The fourth-order valence-electron chi connectivity index (χ4n) is 4.34. The molecule has 0 nitrogen and oxygen atoms in total. The lowest BCUT2D eigenvalue weighted by Gasteiger charge is -2.13. The molecule has 0 heterocycles. The SMILES string of the molecule is CCCCCCCCc1ccccc1Cc1ccccc1CCCCCCCC. The minimum atomic E-state index is 1.10. The topological polar surface area (TPSA) is 0 Å². The average Bonchev–Trinajstić information content (AvgIpc) is 2.75. The second-order valence-corrected chi connectivity index (χ2v) is 8.75. The zero-order chi connectivity index (χ0) is 20.6. The van der Waals surface area contributed by atoms with Gasteiger partial charge in [0, 0.05) is 0 Å². The van der Waals surface area contributed by atoms with E-state index in [-0.39, 0.29) is 0 Å². The maximum absolute atomic E-state index is 2.36. The van der Waals surface area contributed by atoms with Gasteiger partial charge in [-0.05, 0) is 54.4 Å². The molecule has 0 aliphatic carbocycles. The molecule has 0 aliphatic rings. The molecule has 29 heavy (non-hydrogen) atoms. The van der Waals surface area contributed by atoms with E-state index in [0.717, 1.165) is 6.42 Å². The van der Waals surface area contributed by atoms with Crippen LogP contribution in [0.1, 0.15) is 113 Å². The minimum absolute atomic E-state index is 1.10. The third-order valence-electron chi connectivity index (χ3n) is 6.22. The lowest BCUT2D eigenvalue weighted by Crippen LogP contribution is -2.00. The molecular weight excluding hydrogens is 348 g/mol. The maximum atomic E-state index is 2.36. The molecule has 0 N–H and O–H groups in total. The Hall–Kier alpha value is -1.56. The molecule has 0 radical (unpaired) electrons. The summed E-state index contributed by atoms with van der Waals surface area (Å²) in [6.45, 7) is 4.58. The first kappa shape index (κ1) is 23.7. The highest BCUT2D eigenvalue weighted by molar-refractivity contribution is 5.36. The van der Waals surface area contributed by atoms with E-state index in [4.69, 9.17) is 0 Å². The Bertz CT molecular complexity index is 597. The Morgan fingerprint density at radius 2 is 0.759 bits per heavy atom. The summed E-state index contributed by atoms with van der Waals surface area (Å²) in [5.41, 5.74) is 6.21. The van der Waals surface area contributed by atoms with Gasteiger partial charge in [0.05, 0.1) is 0 Å². The first-order valence-electron chi connectivity index (χ1n) is 12.5. The maximum Gasteiger partial charge on any atom is -0.00203 e. The van der Waals surface area contributed by atoms with Crippen molar-refractivity contribution in [3.05, 3.63) is 70.8 Å². The van der Waals surface area contributed by atoms with E-state index in [1.165, 1.54) is 101 Å². The molecule has 0 amide bonds. The highest BCUT2D eigenvalue weighted by Gasteiger charge is 2.07. The average molecular weight is 393 g/mol. The molecule has 0 saturated carbocycles. The van der Waals surface area contributed by atoms with Gasteiger partial charge in [-0.25, -0.2) is 0 Å². The van der Waals surface area contributed by atoms with Gasteiger partial charge in [0.15, 0.2) is 0 Å². The molecule has 0 unspecified atom stereocenters. The predicted octanol–water partition coefficient (Wildman–Crippen LogP) is 9.08. The van der Waals surface area contributed by atoms with E-state index in [0.29, 0.717) is 0 Å². The molecular formula is C29H44. The van der Waals surface area contributed by atoms with E-state index in [1.807, 2.05) is 0 Å². The second-order valence-electron chi connectivity index (χ2n) is 8.75. The molecule has 0 fully saturated rings. The summed E-state index contributed by atoms with van der Waals surface area (Å²) in [6.07, 6.45) is 20.1. The molecule has 0 bridgehead atoms. The van der Waals surface area contributed by atoms with E-state index in [2.05, 4.69) is 62.4 Å². The van der Waals surface area contributed by atoms with Gasteiger partial charge in [-0.15, -0.1) is 0 Å². The number of aryl methyl sites for hydroxylation is 2. The van der Waals surface area contributed by atoms with Crippen molar-refractivity contribution in [1.29, 1.82) is 0 Å². The molecule has 160 valence electrons. The normalized spacial score (nSPS) is 11.1. The van der Waals surface area contributed by atoms with Crippen LogP contribution in [0.2, 0.25) is 0 Å². The van der Waals surface area contributed by atoms with Crippen LogP contribution in [-0.4, -0.2) is 0 Å². The molecule has 0 heteroatoms. The van der Waals surface area contributed by atoms with Crippen molar-refractivity contribution in [2.75, 3.05) is 0 Å². The van der Waals surface area contributed by atoms with Crippen LogP contribution in [0.15, 0.2) is 48.5 Å². The summed E-state index contributed by atoms with van der Waals surface area (Å²) in [6, 6.07) is 18.3. The van der Waals surface area contributed by atoms with E-state index in [9.17, 15) is 0 Å². The summed E-state index contributed by atoms with van der Waals surface area (Å²) in [7, 11) is 0. The van der Waals surface area contributed by atoms with Crippen LogP contribution in [0, 0.1) is 0 Å². The molecule has 0 atom stereocenters. The van der Waals surface area contributed by atoms with Gasteiger partial charge in [0.25, 0.3) is 0 Å². The van der Waals surface area contributed by atoms with E-state index >= 15 is 0 Å². The Morgan fingerprint density at radius 1 is 0.414 bits per heavy atom. The van der Waals surface area contributed by atoms with Gasteiger partial charge in [-0.2, -0.15) is 0 Å². The monoisotopic (exact) mass is 392 g/mol. The third kappa shape index (κ3) is 9.66. The van der Waals surface area contributed by atoms with Gasteiger partial charge < -0.3 is 0 Å². The van der Waals surface area contributed by atoms with Gasteiger partial charge in [-0.3, -0.25) is 0 Å². The summed E-state index contributed by atoms with van der Waals surface area (Å²) < 4.78 is 0. The van der Waals surface area contributed by atoms with Crippen LogP contribution in [-0.2, 0) is 19.3 Å². The Balaban J connectivity index is 1.87. The number of unbranched alkanes of at least 4 members (excludes halogenated alkanes) is 10. The second kappa shape index (κ2) is 15.3. The van der Waals surface area contributed by atoms with Gasteiger partial charge in [-0.1, -0.05) is 127 Å². The number of rotatable bonds is 16. The van der Waals surface area contributed by atoms with Crippen molar-refractivity contribution in [1.82, 2.24) is 0 Å². The van der Waals surface area contributed by atoms with Gasteiger partial charge in [0.2, 0.25) is 0 Å². The molecule has 0 aromatic heterocycles. The largest absolute Gasteiger partial charge is 0.0654 e. The third-order valence-corrected chi connectivity index (χ3v) is 6.22. The Labute approximate surface area is 181 Å². The van der Waals surface area contributed by atoms with Crippen LogP contribution in [0.3, 0.4) is 0 Å². The zero-order valence-corrected chi connectivity index (χ0v) is 19.2. The summed E-state index contributed by atoms with van der Waals surface area (Å²) >= 11 is 0. The standard InChI is InChI=1S/C29H44/c1-3-5-7-9-11-13-19-26-21-15-17-23-28(26)25-29-24-18-16-22-27(29)20-14-12-10-8-6-4-2/h15-18,21-24H,3-14,19-20,25H2,1-2H3. The van der Waals surface area contributed by atoms with Crippen LogP contribution in [0.5, 0.6) is 0 Å². The first-order chi connectivity index (χ1) is 14.3. The summed E-state index contributed by atoms with van der Waals surface area (Å²) in [4.78, 5) is 0. The smallest absolute Gasteiger partial charge is 0.00203 e. The van der Waals surface area contributed by atoms with E-state index in [1.54, 1.807) is 11.1 Å². The molecule has 0 spiro atoms. The van der Waals surface area contributed by atoms with Crippen molar-refractivity contribution in [2.24, 2.45) is 0 Å². The number of benzene rings is 2. The highest BCUT2D eigenvalue weighted by Crippen LogP contribution is 2.21. The Kier molecular flexibility index (Phi) is 12.5. The van der Waals surface area contributed by atoms with Crippen LogP contribution in [0.25, 0.3) is 0 Å². The van der Waals surface area contributed by atoms with E-state index < -0.39 is 0 Å². The van der Waals surface area contributed by atoms with Crippen LogP contribution < -0.4 is 0 Å². The first-order valence-corrected chi connectivity index (χ1v) is 12.5. The number of hydrogen-bond donors (Lipinski definition) is 0. The lowest BCUT2D eigenvalue weighted by atomic mass is 9.92. The lowest BCUT2D eigenvalue weighted by molar-refractivity contribution is 0.606. The van der Waals surface area contributed by atoms with Crippen molar-refractivity contribution >= 4 is 0 Å². The fraction of sp³-hybridized carbons (Fsp3) is 0.586. The predicted molar refractivity (Wildman–Crippen MR) is 130 cm³/mol. The number of hydrogen-bond acceptors (Lipinski definition) is 0. The van der Waals surface area contributed by atoms with Gasteiger partial charge in [0.1, 0.15) is 0 Å². The van der Waals surface area contributed by atoms with Crippen molar-refractivity contribution in [3.63, 3.8) is 0 Å². The van der Waals surface area contributed by atoms with Crippen molar-refractivity contribution in [3.8, 4) is 0 Å². The quantitative estimate of drug-likeness (QED) is 0.250. The molecule has 0 aliphatic heterocycles. The van der Waals surface area contributed by atoms with Crippen LogP contribution >= 0.6 is 0 Å². The summed E-state index contributed by atoms with van der Waals surface area (Å²) in [5.74, 6) is 0. The zero-order valence-electron chi connectivity index (χ0n) is 19.2. The summed E-state index contributed by atoms with van der Waals surface area (Å²) in [5, 5.41) is 0. The molecule has 2 rings (SSSR count).